The average molecular weight is 234 g/mol. The Labute approximate surface area is 102 Å². The van der Waals surface area contributed by atoms with Crippen LogP contribution in [0.4, 0.5) is 0 Å². The summed E-state index contributed by atoms with van der Waals surface area (Å²) in [5.74, 6) is 0. The van der Waals surface area contributed by atoms with Gasteiger partial charge in [-0.2, -0.15) is 0 Å². The monoisotopic (exact) mass is 234 g/mol. The first-order valence-electron chi connectivity index (χ1n) is 5.87. The first-order valence-corrected chi connectivity index (χ1v) is 5.87. The van der Waals surface area contributed by atoms with E-state index in [1.807, 2.05) is 30.3 Å². The van der Waals surface area contributed by atoms with Crippen molar-refractivity contribution >= 4 is 0 Å². The van der Waals surface area contributed by atoms with Gasteiger partial charge < -0.3 is 14.6 Å². The molecule has 0 radical (unpaired) electrons. The Kier molecular flexibility index (Phi) is 4.31. The van der Waals surface area contributed by atoms with E-state index in [-0.39, 0.29) is 12.2 Å². The molecule has 0 bridgehead atoms. The van der Waals surface area contributed by atoms with Crippen molar-refractivity contribution in [3.8, 4) is 0 Å². The number of ether oxygens (including phenoxy) is 2. The molecular weight excluding hydrogens is 216 g/mol. The largest absolute Gasteiger partial charge is 0.390 e. The van der Waals surface area contributed by atoms with Gasteiger partial charge in [-0.1, -0.05) is 36.4 Å². The van der Waals surface area contributed by atoms with E-state index in [0.29, 0.717) is 19.6 Å². The zero-order valence-corrected chi connectivity index (χ0v) is 9.79. The quantitative estimate of drug-likeness (QED) is 0.579. The fourth-order valence-electron chi connectivity index (χ4n) is 1.80. The molecule has 1 aliphatic rings. The second-order valence-electron chi connectivity index (χ2n) is 4.23. The molecule has 0 aromatic heterocycles. The first kappa shape index (κ1) is 12.3. The van der Waals surface area contributed by atoms with Crippen molar-refractivity contribution in [3.63, 3.8) is 0 Å². The minimum atomic E-state index is -0.446. The van der Waals surface area contributed by atoms with Crippen molar-refractivity contribution in [2.45, 2.75) is 31.3 Å². The highest BCUT2D eigenvalue weighted by Gasteiger charge is 2.43. The molecule has 1 aliphatic heterocycles. The highest BCUT2D eigenvalue weighted by Crippen LogP contribution is 2.27. The van der Waals surface area contributed by atoms with Crippen LogP contribution in [0.5, 0.6) is 0 Å². The summed E-state index contributed by atoms with van der Waals surface area (Å²) < 4.78 is 10.9. The summed E-state index contributed by atoms with van der Waals surface area (Å²) in [7, 11) is 0. The van der Waals surface area contributed by atoms with Crippen molar-refractivity contribution in [3.05, 3.63) is 48.6 Å². The fourth-order valence-corrected chi connectivity index (χ4v) is 1.80. The molecule has 1 fully saturated rings. The van der Waals surface area contributed by atoms with Crippen LogP contribution in [0.1, 0.15) is 12.0 Å². The summed E-state index contributed by atoms with van der Waals surface area (Å²) in [6.45, 7) is 4.71. The highest BCUT2D eigenvalue weighted by atomic mass is 16.6. The average Bonchev–Trinajstić information content (AvgIpc) is 3.10. The normalized spacial score (nSPS) is 24.3. The maximum atomic E-state index is 9.62. The van der Waals surface area contributed by atoms with Crippen LogP contribution in [0.3, 0.4) is 0 Å². The molecule has 92 valence electrons. The van der Waals surface area contributed by atoms with E-state index in [1.54, 1.807) is 6.08 Å². The molecule has 0 spiro atoms. The van der Waals surface area contributed by atoms with Gasteiger partial charge in [0, 0.05) is 0 Å². The van der Waals surface area contributed by atoms with E-state index >= 15 is 0 Å². The van der Waals surface area contributed by atoms with Gasteiger partial charge in [-0.25, -0.2) is 0 Å². The number of aliphatic hydroxyl groups is 1. The lowest BCUT2D eigenvalue weighted by Gasteiger charge is -2.04. The maximum Gasteiger partial charge on any atom is 0.113 e. The minimum absolute atomic E-state index is 0.0358. The predicted octanol–water partition coefficient (Wildman–Crippen LogP) is 1.91. The topological polar surface area (TPSA) is 42.0 Å². The number of aliphatic hydroxyl groups excluding tert-OH is 1. The molecule has 0 aliphatic carbocycles. The number of epoxide rings is 1. The van der Waals surface area contributed by atoms with Crippen molar-refractivity contribution in [1.82, 2.24) is 0 Å². The van der Waals surface area contributed by atoms with Gasteiger partial charge in [0.25, 0.3) is 0 Å². The van der Waals surface area contributed by atoms with Crippen molar-refractivity contribution in [2.75, 3.05) is 6.61 Å². The molecule has 3 nitrogen and oxygen atoms in total. The van der Waals surface area contributed by atoms with Crippen LogP contribution >= 0.6 is 0 Å². The first-order chi connectivity index (χ1) is 8.31. The van der Waals surface area contributed by atoms with Crippen LogP contribution in [0.2, 0.25) is 0 Å². The smallest absolute Gasteiger partial charge is 0.113 e. The molecule has 1 heterocycles. The zero-order valence-electron chi connectivity index (χ0n) is 9.79. The van der Waals surface area contributed by atoms with E-state index in [4.69, 9.17) is 9.47 Å². The van der Waals surface area contributed by atoms with E-state index in [9.17, 15) is 5.11 Å². The molecule has 3 atom stereocenters. The molecule has 1 saturated heterocycles. The lowest BCUT2D eigenvalue weighted by atomic mass is 10.1. The standard InChI is InChI=1S/C14H18O3/c1-2-6-12(15)14-13(17-14)10-16-9-11-7-4-3-5-8-11/h2-5,7-8,12-15H,1,6,9-10H2/t12-,13+,14+/m1/s1. The van der Waals surface area contributed by atoms with Gasteiger partial charge in [-0.3, -0.25) is 0 Å². The zero-order chi connectivity index (χ0) is 12.1. The molecule has 3 heteroatoms. The van der Waals surface area contributed by atoms with Crippen LogP contribution < -0.4 is 0 Å². The van der Waals surface area contributed by atoms with Gasteiger partial charge in [0.1, 0.15) is 12.2 Å². The van der Waals surface area contributed by atoms with Gasteiger partial charge >= 0.3 is 0 Å². The van der Waals surface area contributed by atoms with E-state index in [2.05, 4.69) is 6.58 Å². The third kappa shape index (κ3) is 3.66. The lowest BCUT2D eigenvalue weighted by Crippen LogP contribution is -2.18. The van der Waals surface area contributed by atoms with E-state index in [1.165, 1.54) is 0 Å². The van der Waals surface area contributed by atoms with Gasteiger partial charge in [0.05, 0.1) is 19.3 Å². The number of rotatable bonds is 7. The maximum absolute atomic E-state index is 9.62. The third-order valence-electron chi connectivity index (χ3n) is 2.80. The summed E-state index contributed by atoms with van der Waals surface area (Å²) in [4.78, 5) is 0. The van der Waals surface area contributed by atoms with Gasteiger partial charge in [0.15, 0.2) is 0 Å². The predicted molar refractivity (Wildman–Crippen MR) is 65.6 cm³/mol. The summed E-state index contributed by atoms with van der Waals surface area (Å²) in [5, 5.41) is 9.62. The summed E-state index contributed by atoms with van der Waals surface area (Å²) in [6, 6.07) is 10.0. The Bertz CT molecular complexity index is 350. The molecular formula is C14H18O3. The lowest BCUT2D eigenvalue weighted by molar-refractivity contribution is 0.104. The Morgan fingerprint density at radius 3 is 2.88 bits per heavy atom. The fraction of sp³-hybridized carbons (Fsp3) is 0.429. The van der Waals surface area contributed by atoms with Gasteiger partial charge in [0.2, 0.25) is 0 Å². The Balaban J connectivity index is 1.63. The van der Waals surface area contributed by atoms with Crippen molar-refractivity contribution in [2.24, 2.45) is 0 Å². The second kappa shape index (κ2) is 5.96. The van der Waals surface area contributed by atoms with Crippen LogP contribution in [0, 0.1) is 0 Å². The molecule has 1 aromatic rings. The molecule has 1 N–H and O–H groups in total. The van der Waals surface area contributed by atoms with Gasteiger partial charge in [-0.05, 0) is 12.0 Å². The van der Waals surface area contributed by atoms with E-state index < -0.39 is 6.10 Å². The van der Waals surface area contributed by atoms with Crippen molar-refractivity contribution in [1.29, 1.82) is 0 Å². The van der Waals surface area contributed by atoms with E-state index in [0.717, 1.165) is 5.56 Å². The molecule has 1 aromatic carbocycles. The summed E-state index contributed by atoms with van der Waals surface area (Å²) in [6.07, 6.45) is 1.78. The Morgan fingerprint density at radius 2 is 2.18 bits per heavy atom. The van der Waals surface area contributed by atoms with Crippen molar-refractivity contribution < 1.29 is 14.6 Å². The Morgan fingerprint density at radius 1 is 1.41 bits per heavy atom. The number of hydrogen-bond donors (Lipinski definition) is 1. The van der Waals surface area contributed by atoms with Crippen LogP contribution in [-0.2, 0) is 16.1 Å². The highest BCUT2D eigenvalue weighted by molar-refractivity contribution is 5.13. The SMILES string of the molecule is C=CC[C@@H](O)[C@@H]1O[C@H]1COCc1ccccc1. The summed E-state index contributed by atoms with van der Waals surface area (Å²) >= 11 is 0. The molecule has 0 saturated carbocycles. The third-order valence-corrected chi connectivity index (χ3v) is 2.80. The molecule has 0 unspecified atom stereocenters. The minimum Gasteiger partial charge on any atom is -0.390 e. The molecule has 2 rings (SSSR count). The van der Waals surface area contributed by atoms with Gasteiger partial charge in [-0.15, -0.1) is 6.58 Å². The van der Waals surface area contributed by atoms with Crippen LogP contribution in [0.25, 0.3) is 0 Å². The Hall–Kier alpha value is -1.16. The van der Waals surface area contributed by atoms with Crippen LogP contribution in [0.15, 0.2) is 43.0 Å². The summed E-state index contributed by atoms with van der Waals surface area (Å²) in [5.41, 5.74) is 1.15. The second-order valence-corrected chi connectivity index (χ2v) is 4.23. The molecule has 17 heavy (non-hydrogen) atoms. The number of benzene rings is 1. The van der Waals surface area contributed by atoms with Crippen LogP contribution in [-0.4, -0.2) is 30.0 Å². The number of hydrogen-bond acceptors (Lipinski definition) is 3. The molecule has 0 amide bonds.